The number of hydrogen-bond donors (Lipinski definition) is 1. The van der Waals surface area contributed by atoms with E-state index >= 15 is 0 Å². The summed E-state index contributed by atoms with van der Waals surface area (Å²) >= 11 is 0. The molecule has 7 heteroatoms. The minimum Gasteiger partial charge on any atom is -0.481 e. The molecule has 0 heterocycles. The Morgan fingerprint density at radius 1 is 1.15 bits per heavy atom. The lowest BCUT2D eigenvalue weighted by atomic mass is 10.7. The van der Waals surface area contributed by atoms with Crippen molar-refractivity contribution in [3.8, 4) is 0 Å². The van der Waals surface area contributed by atoms with Crippen LogP contribution < -0.4 is 0 Å². The molecule has 0 aliphatic rings. The second-order valence-electron chi connectivity index (χ2n) is 1.63. The number of aliphatic carboxylic acids is 1. The standard InChI is InChI=1S/C4H4F2O3.C2H4O2/c5-1-3(7)9-4(8)2-6;1-2(3)4/h1-2H2;1H3,(H,3,4). The van der Waals surface area contributed by atoms with Crippen LogP contribution in [0.3, 0.4) is 0 Å². The van der Waals surface area contributed by atoms with E-state index in [2.05, 4.69) is 4.74 Å². The first-order valence-electron chi connectivity index (χ1n) is 2.99. The van der Waals surface area contributed by atoms with Crippen molar-refractivity contribution in [2.24, 2.45) is 0 Å². The molecule has 0 fully saturated rings. The van der Waals surface area contributed by atoms with Gasteiger partial charge in [-0.15, -0.1) is 0 Å². The van der Waals surface area contributed by atoms with Gasteiger partial charge in [0.2, 0.25) is 0 Å². The molecule has 0 aromatic rings. The van der Waals surface area contributed by atoms with Crippen LogP contribution in [-0.2, 0) is 19.1 Å². The Balaban J connectivity index is 0. The van der Waals surface area contributed by atoms with Crippen LogP contribution in [-0.4, -0.2) is 36.4 Å². The number of rotatable bonds is 2. The second-order valence-corrected chi connectivity index (χ2v) is 1.63. The van der Waals surface area contributed by atoms with E-state index in [0.717, 1.165) is 6.92 Å². The Morgan fingerprint density at radius 2 is 1.38 bits per heavy atom. The zero-order valence-corrected chi connectivity index (χ0v) is 6.75. The van der Waals surface area contributed by atoms with Crippen LogP contribution in [0.1, 0.15) is 6.92 Å². The smallest absolute Gasteiger partial charge is 0.345 e. The minimum absolute atomic E-state index is 0.833. The summed E-state index contributed by atoms with van der Waals surface area (Å²) in [5.74, 6) is -3.56. The Bertz CT molecular complexity index is 173. The molecule has 0 radical (unpaired) electrons. The van der Waals surface area contributed by atoms with Gasteiger partial charge in [-0.2, -0.15) is 0 Å². The van der Waals surface area contributed by atoms with Crippen molar-refractivity contribution in [2.45, 2.75) is 6.92 Å². The fourth-order valence-electron chi connectivity index (χ4n) is 0.182. The highest BCUT2D eigenvalue weighted by molar-refractivity contribution is 5.86. The lowest BCUT2D eigenvalue weighted by Crippen LogP contribution is -2.14. The minimum atomic E-state index is -1.41. The van der Waals surface area contributed by atoms with Gasteiger partial charge in [-0.25, -0.2) is 18.4 Å². The monoisotopic (exact) mass is 198 g/mol. The summed E-state index contributed by atoms with van der Waals surface area (Å²) in [6.07, 6.45) is 0. The van der Waals surface area contributed by atoms with Crippen molar-refractivity contribution in [2.75, 3.05) is 13.3 Å². The van der Waals surface area contributed by atoms with Gasteiger partial charge in [-0.1, -0.05) is 0 Å². The molecule has 0 rings (SSSR count). The Kier molecular flexibility index (Phi) is 9.24. The lowest BCUT2D eigenvalue weighted by molar-refractivity contribution is -0.160. The molecule has 5 nitrogen and oxygen atoms in total. The molecule has 0 bridgehead atoms. The molecule has 0 unspecified atom stereocenters. The van der Waals surface area contributed by atoms with E-state index in [1.807, 2.05) is 0 Å². The first kappa shape index (κ1) is 14.0. The van der Waals surface area contributed by atoms with Crippen molar-refractivity contribution in [3.63, 3.8) is 0 Å². The number of esters is 2. The maximum Gasteiger partial charge on any atom is 0.345 e. The van der Waals surface area contributed by atoms with Crippen LogP contribution in [0.4, 0.5) is 8.78 Å². The number of hydrogen-bond acceptors (Lipinski definition) is 4. The van der Waals surface area contributed by atoms with E-state index in [1.165, 1.54) is 0 Å². The molecule has 76 valence electrons. The van der Waals surface area contributed by atoms with Gasteiger partial charge in [0.15, 0.2) is 13.3 Å². The van der Waals surface area contributed by atoms with E-state index in [1.54, 1.807) is 0 Å². The van der Waals surface area contributed by atoms with E-state index in [0.29, 0.717) is 0 Å². The third-order valence-corrected chi connectivity index (χ3v) is 0.446. The molecule has 13 heavy (non-hydrogen) atoms. The van der Waals surface area contributed by atoms with Gasteiger partial charge in [0.05, 0.1) is 0 Å². The van der Waals surface area contributed by atoms with Gasteiger partial charge in [-0.3, -0.25) is 4.79 Å². The maximum atomic E-state index is 11.1. The van der Waals surface area contributed by atoms with Gasteiger partial charge < -0.3 is 9.84 Å². The van der Waals surface area contributed by atoms with Crippen LogP contribution in [0.15, 0.2) is 0 Å². The average Bonchev–Trinajstić information content (AvgIpc) is 2.03. The number of carboxylic acid groups (broad SMARTS) is 1. The molecule has 0 amide bonds. The van der Waals surface area contributed by atoms with Crippen molar-refractivity contribution in [3.05, 3.63) is 0 Å². The third-order valence-electron chi connectivity index (χ3n) is 0.446. The highest BCUT2D eigenvalue weighted by atomic mass is 19.1. The predicted molar refractivity (Wildman–Crippen MR) is 36.4 cm³/mol. The predicted octanol–water partition coefficient (Wildman–Crippen LogP) is 0.0861. The first-order valence-corrected chi connectivity index (χ1v) is 2.99. The number of ether oxygens (including phenoxy) is 1. The largest absolute Gasteiger partial charge is 0.481 e. The first-order chi connectivity index (χ1) is 5.93. The number of carbonyl (C=O) groups is 3. The lowest BCUT2D eigenvalue weighted by Gasteiger charge is -1.92. The molecule has 1 N–H and O–H groups in total. The number of carboxylic acids is 1. The molecule has 0 saturated carbocycles. The quantitative estimate of drug-likeness (QED) is 0.502. The molecule has 0 aromatic heterocycles. The van der Waals surface area contributed by atoms with Gasteiger partial charge in [0.1, 0.15) is 0 Å². The van der Waals surface area contributed by atoms with E-state index in [9.17, 15) is 18.4 Å². The Hall–Kier alpha value is -1.53. The fraction of sp³-hybridized carbons (Fsp3) is 0.500. The molecule has 0 aliphatic heterocycles. The molecular weight excluding hydrogens is 190 g/mol. The van der Waals surface area contributed by atoms with Crippen molar-refractivity contribution in [1.82, 2.24) is 0 Å². The molecular formula is C6H8F2O5. The number of carbonyl (C=O) groups excluding carboxylic acids is 2. The van der Waals surface area contributed by atoms with Crippen LogP contribution in [0.5, 0.6) is 0 Å². The molecule has 0 aliphatic carbocycles. The molecule has 0 saturated heterocycles. The number of alkyl halides is 2. The fourth-order valence-corrected chi connectivity index (χ4v) is 0.182. The summed E-state index contributed by atoms with van der Waals surface area (Å²) < 4.78 is 25.8. The summed E-state index contributed by atoms with van der Waals surface area (Å²) in [4.78, 5) is 28.6. The highest BCUT2D eigenvalue weighted by Crippen LogP contribution is 1.82. The Morgan fingerprint density at radius 3 is 1.54 bits per heavy atom. The van der Waals surface area contributed by atoms with Crippen LogP contribution in [0.25, 0.3) is 0 Å². The van der Waals surface area contributed by atoms with E-state index in [4.69, 9.17) is 9.90 Å². The summed E-state index contributed by atoms with van der Waals surface area (Å²) in [5, 5.41) is 7.42. The van der Waals surface area contributed by atoms with E-state index < -0.39 is 31.3 Å². The zero-order chi connectivity index (χ0) is 10.9. The van der Waals surface area contributed by atoms with Crippen molar-refractivity contribution in [1.29, 1.82) is 0 Å². The van der Waals surface area contributed by atoms with Crippen LogP contribution >= 0.6 is 0 Å². The molecule has 0 aromatic carbocycles. The van der Waals surface area contributed by atoms with Gasteiger partial charge in [0, 0.05) is 6.92 Å². The number of halogens is 2. The third kappa shape index (κ3) is 17.9. The summed E-state index contributed by atoms with van der Waals surface area (Å²) in [6.45, 7) is -1.74. The van der Waals surface area contributed by atoms with Crippen LogP contribution in [0.2, 0.25) is 0 Å². The average molecular weight is 198 g/mol. The topological polar surface area (TPSA) is 80.7 Å². The maximum absolute atomic E-state index is 11.1. The van der Waals surface area contributed by atoms with Crippen LogP contribution in [0, 0.1) is 0 Å². The van der Waals surface area contributed by atoms with Crippen molar-refractivity contribution >= 4 is 17.9 Å². The van der Waals surface area contributed by atoms with Crippen molar-refractivity contribution < 1.29 is 33.0 Å². The summed E-state index contributed by atoms with van der Waals surface area (Å²) in [6, 6.07) is 0. The summed E-state index contributed by atoms with van der Waals surface area (Å²) in [5.41, 5.74) is 0. The van der Waals surface area contributed by atoms with Gasteiger partial charge >= 0.3 is 11.9 Å². The zero-order valence-electron chi connectivity index (χ0n) is 6.75. The normalized spacial score (nSPS) is 7.92. The SMILES string of the molecule is CC(=O)O.O=C(CF)OC(=O)CF. The molecule has 0 spiro atoms. The Labute approximate surface area is 72.3 Å². The highest BCUT2D eigenvalue weighted by Gasteiger charge is 2.07. The van der Waals surface area contributed by atoms with E-state index in [-0.39, 0.29) is 0 Å². The summed E-state index contributed by atoms with van der Waals surface area (Å²) in [7, 11) is 0. The van der Waals surface area contributed by atoms with Gasteiger partial charge in [-0.05, 0) is 0 Å². The second kappa shape index (κ2) is 8.57. The molecule has 0 atom stereocenters. The van der Waals surface area contributed by atoms with Gasteiger partial charge in [0.25, 0.3) is 5.97 Å².